The van der Waals surface area contributed by atoms with Crippen LogP contribution in [0.4, 0.5) is 26.3 Å². The molecule has 1 aliphatic heterocycles. The maximum absolute atomic E-state index is 12.7. The molecule has 0 amide bonds. The third kappa shape index (κ3) is 3.70. The van der Waals surface area contributed by atoms with Crippen molar-refractivity contribution in [2.45, 2.75) is 37.1 Å². The average Bonchev–Trinajstić information content (AvgIpc) is 2.80. The topological polar surface area (TPSA) is 61.8 Å². The van der Waals surface area contributed by atoms with Gasteiger partial charge in [0, 0.05) is 18.9 Å². The quantitative estimate of drug-likeness (QED) is 0.448. The van der Waals surface area contributed by atoms with E-state index in [9.17, 15) is 35.9 Å². The Hall–Kier alpha value is -1.78. The van der Waals surface area contributed by atoms with Gasteiger partial charge in [0.2, 0.25) is 6.29 Å². The third-order valence-electron chi connectivity index (χ3n) is 2.74. The van der Waals surface area contributed by atoms with Gasteiger partial charge in [-0.1, -0.05) is 6.58 Å². The predicted molar refractivity (Wildman–Crippen MR) is 56.2 cm³/mol. The lowest BCUT2D eigenvalue weighted by Crippen LogP contribution is -2.56. The number of ether oxygens (including phenoxy) is 3. The van der Waals surface area contributed by atoms with Crippen LogP contribution in [0.25, 0.3) is 0 Å². The standard InChI is InChI=1S/C11H10F6O5/c1-2-6(18)20-5-7(19)21-8-3-4-9(22-8,10(12,13)14)11(15,16)17/h2,8H,1,3-5H2. The molecule has 0 radical (unpaired) electrons. The molecule has 11 heteroatoms. The van der Waals surface area contributed by atoms with Crippen molar-refractivity contribution in [3.8, 4) is 0 Å². The zero-order valence-electron chi connectivity index (χ0n) is 10.8. The van der Waals surface area contributed by atoms with Crippen molar-refractivity contribution in [2.75, 3.05) is 6.61 Å². The molecule has 1 fully saturated rings. The lowest BCUT2D eigenvalue weighted by Gasteiger charge is -2.32. The zero-order valence-corrected chi connectivity index (χ0v) is 10.8. The summed E-state index contributed by atoms with van der Waals surface area (Å²) in [6.45, 7) is 2.02. The van der Waals surface area contributed by atoms with Crippen molar-refractivity contribution in [1.82, 2.24) is 0 Å². The molecule has 1 rings (SSSR count). The van der Waals surface area contributed by atoms with Gasteiger partial charge in [-0.2, -0.15) is 26.3 Å². The van der Waals surface area contributed by atoms with Crippen molar-refractivity contribution in [1.29, 1.82) is 0 Å². The Kier molecular flexibility index (Phi) is 5.10. The molecule has 1 heterocycles. The smallest absolute Gasteiger partial charge is 0.426 e. The molecule has 0 N–H and O–H groups in total. The number of hydrogen-bond acceptors (Lipinski definition) is 5. The molecule has 1 atom stereocenters. The first-order valence-corrected chi connectivity index (χ1v) is 5.73. The van der Waals surface area contributed by atoms with Crippen LogP contribution in [0.3, 0.4) is 0 Å². The Balaban J connectivity index is 2.69. The van der Waals surface area contributed by atoms with E-state index in [1.165, 1.54) is 0 Å². The van der Waals surface area contributed by atoms with Gasteiger partial charge in [0.05, 0.1) is 0 Å². The van der Waals surface area contributed by atoms with E-state index in [0.717, 1.165) is 0 Å². The number of rotatable bonds is 4. The largest absolute Gasteiger partial charge is 0.451 e. The monoisotopic (exact) mass is 336 g/mol. The van der Waals surface area contributed by atoms with Crippen LogP contribution < -0.4 is 0 Å². The van der Waals surface area contributed by atoms with Crippen molar-refractivity contribution < 1.29 is 50.1 Å². The lowest BCUT2D eigenvalue weighted by atomic mass is 9.99. The summed E-state index contributed by atoms with van der Waals surface area (Å²) >= 11 is 0. The maximum Gasteiger partial charge on any atom is 0.426 e. The molecule has 0 bridgehead atoms. The Labute approximate surface area is 119 Å². The van der Waals surface area contributed by atoms with Crippen molar-refractivity contribution in [3.05, 3.63) is 12.7 Å². The normalized spacial score (nSPS) is 21.3. The summed E-state index contributed by atoms with van der Waals surface area (Å²) in [4.78, 5) is 21.8. The van der Waals surface area contributed by atoms with E-state index in [1.807, 2.05) is 0 Å². The van der Waals surface area contributed by atoms with Crippen LogP contribution in [0.2, 0.25) is 0 Å². The van der Waals surface area contributed by atoms with Gasteiger partial charge in [-0.3, -0.25) is 0 Å². The lowest BCUT2D eigenvalue weighted by molar-refractivity contribution is -0.385. The van der Waals surface area contributed by atoms with Gasteiger partial charge in [0.15, 0.2) is 6.61 Å². The Bertz CT molecular complexity index is 441. The first-order valence-electron chi connectivity index (χ1n) is 5.73. The summed E-state index contributed by atoms with van der Waals surface area (Å²) in [5.74, 6) is -2.36. The molecule has 22 heavy (non-hydrogen) atoms. The number of hydrogen-bond donors (Lipinski definition) is 0. The molecule has 1 unspecified atom stereocenters. The fraction of sp³-hybridized carbons (Fsp3) is 0.636. The fourth-order valence-electron chi connectivity index (χ4n) is 1.69. The van der Waals surface area contributed by atoms with Gasteiger partial charge in [0.1, 0.15) is 0 Å². The summed E-state index contributed by atoms with van der Waals surface area (Å²) in [7, 11) is 0. The van der Waals surface area contributed by atoms with Crippen LogP contribution in [0.1, 0.15) is 12.8 Å². The van der Waals surface area contributed by atoms with E-state index < -0.39 is 55.6 Å². The molecule has 0 aliphatic carbocycles. The third-order valence-corrected chi connectivity index (χ3v) is 2.74. The van der Waals surface area contributed by atoms with Gasteiger partial charge >= 0.3 is 24.3 Å². The van der Waals surface area contributed by atoms with Gasteiger partial charge in [-0.15, -0.1) is 0 Å². The number of esters is 2. The van der Waals surface area contributed by atoms with E-state index in [0.29, 0.717) is 6.08 Å². The summed E-state index contributed by atoms with van der Waals surface area (Å²) < 4.78 is 88.4. The number of carbonyl (C=O) groups excluding carboxylic acids is 2. The van der Waals surface area contributed by atoms with E-state index >= 15 is 0 Å². The van der Waals surface area contributed by atoms with E-state index in [1.54, 1.807) is 0 Å². The zero-order chi connectivity index (χ0) is 17.2. The maximum atomic E-state index is 12.7. The number of halogens is 6. The Morgan fingerprint density at radius 1 is 1.23 bits per heavy atom. The fourth-order valence-corrected chi connectivity index (χ4v) is 1.69. The van der Waals surface area contributed by atoms with Crippen LogP contribution in [0, 0.1) is 0 Å². The van der Waals surface area contributed by atoms with Gasteiger partial charge in [-0.05, 0) is 0 Å². The van der Waals surface area contributed by atoms with Gasteiger partial charge < -0.3 is 14.2 Å². The van der Waals surface area contributed by atoms with Gasteiger partial charge in [-0.25, -0.2) is 9.59 Å². The van der Waals surface area contributed by atoms with Crippen LogP contribution in [0.5, 0.6) is 0 Å². The number of alkyl halides is 6. The average molecular weight is 336 g/mol. The molecule has 0 saturated carbocycles. The van der Waals surface area contributed by atoms with Crippen LogP contribution in [-0.4, -0.2) is 42.8 Å². The van der Waals surface area contributed by atoms with Gasteiger partial charge in [0.25, 0.3) is 5.60 Å². The minimum atomic E-state index is -5.72. The number of carbonyl (C=O) groups is 2. The Morgan fingerprint density at radius 2 is 1.77 bits per heavy atom. The van der Waals surface area contributed by atoms with Crippen molar-refractivity contribution >= 4 is 11.9 Å². The highest BCUT2D eigenvalue weighted by molar-refractivity contribution is 5.83. The molecule has 126 valence electrons. The van der Waals surface area contributed by atoms with E-state index in [-0.39, 0.29) is 0 Å². The second-order valence-corrected chi connectivity index (χ2v) is 4.21. The summed E-state index contributed by atoms with van der Waals surface area (Å²) in [5, 5.41) is 0. The summed E-state index contributed by atoms with van der Waals surface area (Å²) in [6.07, 6.45) is -15.0. The first-order chi connectivity index (χ1) is 9.93. The Morgan fingerprint density at radius 3 is 2.18 bits per heavy atom. The summed E-state index contributed by atoms with van der Waals surface area (Å²) in [6, 6.07) is 0. The van der Waals surface area contributed by atoms with Crippen LogP contribution in [0.15, 0.2) is 12.7 Å². The molecule has 0 aromatic carbocycles. The molecule has 1 saturated heterocycles. The second kappa shape index (κ2) is 6.15. The molecule has 0 aromatic rings. The molecule has 5 nitrogen and oxygen atoms in total. The highest BCUT2D eigenvalue weighted by Crippen LogP contribution is 2.52. The van der Waals surface area contributed by atoms with Crippen molar-refractivity contribution in [2.24, 2.45) is 0 Å². The van der Waals surface area contributed by atoms with Crippen LogP contribution >= 0.6 is 0 Å². The highest BCUT2D eigenvalue weighted by atomic mass is 19.4. The minimum absolute atomic E-state index is 0.706. The van der Waals surface area contributed by atoms with Crippen molar-refractivity contribution in [3.63, 3.8) is 0 Å². The predicted octanol–water partition coefficient (Wildman–Crippen LogP) is 2.26. The molecule has 0 spiro atoms. The SMILES string of the molecule is C=CC(=O)OCC(=O)OC1CCC(C(F)(F)F)(C(F)(F)F)O1. The molecule has 1 aliphatic rings. The highest BCUT2D eigenvalue weighted by Gasteiger charge is 2.75. The molecular weight excluding hydrogens is 326 g/mol. The van der Waals surface area contributed by atoms with E-state index in [2.05, 4.69) is 20.8 Å². The first kappa shape index (κ1) is 18.3. The molecule has 0 aromatic heterocycles. The summed E-state index contributed by atoms with van der Waals surface area (Å²) in [5.41, 5.74) is -4.39. The van der Waals surface area contributed by atoms with Crippen LogP contribution in [-0.2, 0) is 23.8 Å². The van der Waals surface area contributed by atoms with E-state index in [4.69, 9.17) is 0 Å². The minimum Gasteiger partial charge on any atom is -0.451 e. The second-order valence-electron chi connectivity index (χ2n) is 4.21. The molecular formula is C11H10F6O5.